The Kier molecular flexibility index (Phi) is 6.57. The third-order valence-electron chi connectivity index (χ3n) is 2.56. The average molecular weight is 278 g/mol. The molecule has 0 amide bonds. The van der Waals surface area contributed by atoms with Gasteiger partial charge < -0.3 is 4.74 Å². The minimum atomic E-state index is -4.09. The first-order valence-electron chi connectivity index (χ1n) is 5.83. The van der Waals surface area contributed by atoms with Crippen molar-refractivity contribution >= 4 is 12.6 Å². The van der Waals surface area contributed by atoms with Crippen LogP contribution in [0.3, 0.4) is 0 Å². The number of thiol groups is 1. The van der Waals surface area contributed by atoms with Crippen LogP contribution in [0, 0.1) is 0 Å². The Morgan fingerprint density at radius 2 is 1.83 bits per heavy atom. The van der Waals surface area contributed by atoms with Crippen molar-refractivity contribution in [1.82, 2.24) is 0 Å². The highest BCUT2D eigenvalue weighted by Crippen LogP contribution is 2.22. The lowest BCUT2D eigenvalue weighted by Gasteiger charge is -2.15. The topological polar surface area (TPSA) is 9.23 Å². The molecule has 0 saturated heterocycles. The molecule has 0 radical (unpaired) electrons. The zero-order valence-electron chi connectivity index (χ0n) is 9.99. The molecule has 0 aliphatic heterocycles. The highest BCUT2D eigenvalue weighted by Gasteiger charge is 2.26. The van der Waals surface area contributed by atoms with Crippen molar-refractivity contribution in [2.24, 2.45) is 0 Å². The second-order valence-electron chi connectivity index (χ2n) is 4.08. The number of rotatable bonds is 7. The average Bonchev–Trinajstić information content (AvgIpc) is 2.33. The molecule has 0 saturated carbocycles. The summed E-state index contributed by atoms with van der Waals surface area (Å²) < 4.78 is 41.0. The third kappa shape index (κ3) is 6.31. The van der Waals surface area contributed by atoms with Crippen LogP contribution in [0.5, 0.6) is 0 Å². The van der Waals surface area contributed by atoms with Crippen molar-refractivity contribution in [3.8, 4) is 0 Å². The van der Waals surface area contributed by atoms with Crippen molar-refractivity contribution in [2.45, 2.75) is 24.9 Å². The Hall–Kier alpha value is -0.680. The molecule has 0 fully saturated rings. The van der Waals surface area contributed by atoms with Gasteiger partial charge in [-0.2, -0.15) is 25.8 Å². The maximum Gasteiger partial charge on any atom is 0.389 e. The minimum absolute atomic E-state index is 0.0115. The van der Waals surface area contributed by atoms with Crippen LogP contribution in [0.4, 0.5) is 13.2 Å². The highest BCUT2D eigenvalue weighted by molar-refractivity contribution is 7.80. The van der Waals surface area contributed by atoms with Crippen LogP contribution in [0.25, 0.3) is 0 Å². The van der Waals surface area contributed by atoms with Crippen LogP contribution in [0.1, 0.15) is 24.3 Å². The number of halogens is 3. The van der Waals surface area contributed by atoms with Gasteiger partial charge in [0.15, 0.2) is 0 Å². The molecule has 0 aliphatic rings. The first-order valence-corrected chi connectivity index (χ1v) is 6.46. The largest absolute Gasteiger partial charge is 0.389 e. The summed E-state index contributed by atoms with van der Waals surface area (Å²) >= 11 is 4.24. The molecule has 0 spiro atoms. The normalized spacial score (nSPS) is 13.6. The van der Waals surface area contributed by atoms with E-state index in [2.05, 4.69) is 12.6 Å². The van der Waals surface area contributed by atoms with Gasteiger partial charge >= 0.3 is 6.18 Å². The second kappa shape index (κ2) is 7.69. The quantitative estimate of drug-likeness (QED) is 0.584. The van der Waals surface area contributed by atoms with Gasteiger partial charge in [-0.3, -0.25) is 0 Å². The summed E-state index contributed by atoms with van der Waals surface area (Å²) in [6, 6.07) is 9.72. The Balaban J connectivity index is 2.25. The van der Waals surface area contributed by atoms with E-state index < -0.39 is 12.6 Å². The maximum absolute atomic E-state index is 11.9. The standard InChI is InChI=1S/C13H17F3OS/c14-13(15,16)7-4-8-17-9-12(10-18)11-5-2-1-3-6-11/h1-3,5-6,12,18H,4,7-10H2. The molecule has 0 N–H and O–H groups in total. The molecule has 102 valence electrons. The molecule has 0 heterocycles. The van der Waals surface area contributed by atoms with Crippen molar-refractivity contribution in [3.63, 3.8) is 0 Å². The molecular formula is C13H17F3OS. The van der Waals surface area contributed by atoms with Gasteiger partial charge in [0.1, 0.15) is 0 Å². The lowest BCUT2D eigenvalue weighted by Crippen LogP contribution is -2.12. The number of alkyl halides is 3. The summed E-state index contributed by atoms with van der Waals surface area (Å²) in [5.74, 6) is 0.740. The predicted molar refractivity (Wildman–Crippen MR) is 69.1 cm³/mol. The summed E-state index contributed by atoms with van der Waals surface area (Å²) in [5, 5.41) is 0. The van der Waals surface area contributed by atoms with Crippen molar-refractivity contribution in [2.75, 3.05) is 19.0 Å². The first-order chi connectivity index (χ1) is 8.53. The van der Waals surface area contributed by atoms with Crippen molar-refractivity contribution in [3.05, 3.63) is 35.9 Å². The van der Waals surface area contributed by atoms with E-state index in [0.29, 0.717) is 12.4 Å². The smallest absolute Gasteiger partial charge is 0.381 e. The highest BCUT2D eigenvalue weighted by atomic mass is 32.1. The number of ether oxygens (including phenoxy) is 1. The fourth-order valence-corrected chi connectivity index (χ4v) is 1.90. The molecule has 0 bridgehead atoms. The van der Waals surface area contributed by atoms with Gasteiger partial charge in [-0.05, 0) is 17.7 Å². The van der Waals surface area contributed by atoms with Crippen LogP contribution < -0.4 is 0 Å². The van der Waals surface area contributed by atoms with Gasteiger partial charge in [0.05, 0.1) is 6.61 Å². The fraction of sp³-hybridized carbons (Fsp3) is 0.538. The van der Waals surface area contributed by atoms with Crippen molar-refractivity contribution < 1.29 is 17.9 Å². The Bertz CT molecular complexity index is 327. The molecule has 1 nitrogen and oxygen atoms in total. The summed E-state index contributed by atoms with van der Waals surface area (Å²) in [6.45, 7) is 0.544. The molecule has 1 aromatic carbocycles. The van der Waals surface area contributed by atoms with E-state index in [1.807, 2.05) is 30.3 Å². The Morgan fingerprint density at radius 3 is 2.39 bits per heavy atom. The summed E-state index contributed by atoms with van der Waals surface area (Å²) in [5.41, 5.74) is 1.10. The van der Waals surface area contributed by atoms with E-state index in [1.54, 1.807) is 0 Å². The molecule has 5 heteroatoms. The number of benzene rings is 1. The molecule has 1 atom stereocenters. The molecule has 0 aliphatic carbocycles. The van der Waals surface area contributed by atoms with E-state index in [-0.39, 0.29) is 18.9 Å². The monoisotopic (exact) mass is 278 g/mol. The van der Waals surface area contributed by atoms with Crippen LogP contribution in [-0.2, 0) is 4.74 Å². The Labute approximate surface area is 111 Å². The minimum Gasteiger partial charge on any atom is -0.381 e. The van der Waals surface area contributed by atoms with Gasteiger partial charge in [0.25, 0.3) is 0 Å². The van der Waals surface area contributed by atoms with Gasteiger partial charge in [0, 0.05) is 18.9 Å². The lowest BCUT2D eigenvalue weighted by atomic mass is 10.0. The van der Waals surface area contributed by atoms with Gasteiger partial charge in [-0.1, -0.05) is 30.3 Å². The fourth-order valence-electron chi connectivity index (χ4n) is 1.58. The van der Waals surface area contributed by atoms with E-state index in [0.717, 1.165) is 5.56 Å². The summed E-state index contributed by atoms with van der Waals surface area (Å²) in [7, 11) is 0. The van der Waals surface area contributed by atoms with E-state index in [4.69, 9.17) is 4.74 Å². The summed E-state index contributed by atoms with van der Waals surface area (Å²) in [6.07, 6.45) is -4.87. The Morgan fingerprint density at radius 1 is 1.17 bits per heavy atom. The predicted octanol–water partition coefficient (Wildman–Crippen LogP) is 4.06. The van der Waals surface area contributed by atoms with Crippen LogP contribution in [0.15, 0.2) is 30.3 Å². The van der Waals surface area contributed by atoms with E-state index in [1.165, 1.54) is 0 Å². The zero-order chi connectivity index (χ0) is 13.4. The molecule has 1 rings (SSSR count). The number of hydrogen-bond acceptors (Lipinski definition) is 2. The number of hydrogen-bond donors (Lipinski definition) is 1. The third-order valence-corrected chi connectivity index (χ3v) is 3.00. The first kappa shape index (κ1) is 15.4. The van der Waals surface area contributed by atoms with Crippen molar-refractivity contribution in [1.29, 1.82) is 0 Å². The SMILES string of the molecule is FC(F)(F)CCCOCC(CS)c1ccccc1. The van der Waals surface area contributed by atoms with Crippen LogP contribution in [0.2, 0.25) is 0 Å². The van der Waals surface area contributed by atoms with Crippen LogP contribution in [-0.4, -0.2) is 25.1 Å². The molecule has 1 unspecified atom stereocenters. The zero-order valence-corrected chi connectivity index (χ0v) is 10.9. The van der Waals surface area contributed by atoms with E-state index in [9.17, 15) is 13.2 Å². The van der Waals surface area contributed by atoms with Gasteiger partial charge in [0.2, 0.25) is 0 Å². The van der Waals surface area contributed by atoms with E-state index >= 15 is 0 Å². The summed E-state index contributed by atoms with van der Waals surface area (Å²) in [4.78, 5) is 0. The molecule has 1 aromatic rings. The molecule has 0 aromatic heterocycles. The lowest BCUT2D eigenvalue weighted by molar-refractivity contribution is -0.137. The second-order valence-corrected chi connectivity index (χ2v) is 4.45. The molecule has 18 heavy (non-hydrogen) atoms. The molecular weight excluding hydrogens is 261 g/mol. The van der Waals surface area contributed by atoms with Crippen LogP contribution >= 0.6 is 12.6 Å². The van der Waals surface area contributed by atoms with Gasteiger partial charge in [-0.15, -0.1) is 0 Å². The van der Waals surface area contributed by atoms with Gasteiger partial charge in [-0.25, -0.2) is 0 Å². The maximum atomic E-state index is 11.9.